The Morgan fingerprint density at radius 3 is 2.68 bits per heavy atom. The average molecular weight is 288 g/mol. The van der Waals surface area contributed by atoms with Crippen molar-refractivity contribution in [3.8, 4) is 0 Å². The molecule has 1 heterocycles. The van der Waals surface area contributed by atoms with Gasteiger partial charge in [-0.05, 0) is 31.4 Å². The minimum atomic E-state index is -0.346. The molecule has 1 saturated heterocycles. The van der Waals surface area contributed by atoms with Crippen LogP contribution in [-0.2, 0) is 0 Å². The fourth-order valence-electron chi connectivity index (χ4n) is 2.87. The predicted octanol–water partition coefficient (Wildman–Crippen LogP) is 2.32. The third-order valence-corrected chi connectivity index (χ3v) is 4.84. The van der Waals surface area contributed by atoms with Crippen LogP contribution < -0.4 is 5.32 Å². The van der Waals surface area contributed by atoms with Crippen molar-refractivity contribution in [2.45, 2.75) is 50.8 Å². The molecule has 2 atom stereocenters. The molecule has 1 aliphatic rings. The SMILES string of the molecule is CS[C@@H](C)CNC(=O)N1CCC[C@@]1(CO)CC(C)C. The predicted molar refractivity (Wildman–Crippen MR) is 81.6 cm³/mol. The molecule has 5 heteroatoms. The summed E-state index contributed by atoms with van der Waals surface area (Å²) in [4.78, 5) is 14.2. The molecule has 0 aromatic rings. The molecular weight excluding hydrogens is 260 g/mol. The summed E-state index contributed by atoms with van der Waals surface area (Å²) in [5, 5.41) is 13.2. The molecule has 19 heavy (non-hydrogen) atoms. The molecule has 1 fully saturated rings. The zero-order valence-electron chi connectivity index (χ0n) is 12.6. The molecule has 0 aromatic carbocycles. The number of nitrogens with one attached hydrogen (secondary N) is 1. The zero-order chi connectivity index (χ0) is 14.5. The first-order valence-electron chi connectivity index (χ1n) is 7.14. The first-order chi connectivity index (χ1) is 8.95. The van der Waals surface area contributed by atoms with Gasteiger partial charge in [-0.1, -0.05) is 20.8 Å². The molecule has 2 N–H and O–H groups in total. The van der Waals surface area contributed by atoms with Gasteiger partial charge in [0.1, 0.15) is 0 Å². The number of likely N-dealkylation sites (tertiary alicyclic amines) is 1. The Bertz CT molecular complexity index is 299. The van der Waals surface area contributed by atoms with Gasteiger partial charge in [0.2, 0.25) is 0 Å². The number of urea groups is 1. The number of thioether (sulfide) groups is 1. The van der Waals surface area contributed by atoms with E-state index in [2.05, 4.69) is 26.1 Å². The van der Waals surface area contributed by atoms with E-state index in [4.69, 9.17) is 0 Å². The van der Waals surface area contributed by atoms with Crippen LogP contribution in [0.15, 0.2) is 0 Å². The fourth-order valence-corrected chi connectivity index (χ4v) is 3.12. The van der Waals surface area contributed by atoms with Gasteiger partial charge in [0.25, 0.3) is 0 Å². The monoisotopic (exact) mass is 288 g/mol. The molecule has 0 spiro atoms. The number of hydrogen-bond donors (Lipinski definition) is 2. The lowest BCUT2D eigenvalue weighted by atomic mass is 9.87. The van der Waals surface area contributed by atoms with Crippen molar-refractivity contribution >= 4 is 17.8 Å². The van der Waals surface area contributed by atoms with Gasteiger partial charge in [0, 0.05) is 18.3 Å². The van der Waals surface area contributed by atoms with Gasteiger partial charge < -0.3 is 15.3 Å². The van der Waals surface area contributed by atoms with E-state index >= 15 is 0 Å². The van der Waals surface area contributed by atoms with Gasteiger partial charge in [-0.3, -0.25) is 0 Å². The number of amides is 2. The molecule has 0 radical (unpaired) electrons. The fraction of sp³-hybridized carbons (Fsp3) is 0.929. The first kappa shape index (κ1) is 16.6. The van der Waals surface area contributed by atoms with E-state index in [0.29, 0.717) is 17.7 Å². The summed E-state index contributed by atoms with van der Waals surface area (Å²) in [6.07, 6.45) is 4.81. The van der Waals surface area contributed by atoms with Gasteiger partial charge in [-0.15, -0.1) is 0 Å². The average Bonchev–Trinajstić information content (AvgIpc) is 2.78. The van der Waals surface area contributed by atoms with Crippen LogP contribution in [0.4, 0.5) is 4.79 Å². The number of aliphatic hydroxyl groups is 1. The van der Waals surface area contributed by atoms with Crippen LogP contribution in [0.25, 0.3) is 0 Å². The highest BCUT2D eigenvalue weighted by Gasteiger charge is 2.43. The van der Waals surface area contributed by atoms with E-state index in [0.717, 1.165) is 25.8 Å². The second-order valence-electron chi connectivity index (χ2n) is 5.97. The van der Waals surface area contributed by atoms with Crippen LogP contribution in [0.3, 0.4) is 0 Å². The normalized spacial score (nSPS) is 24.8. The van der Waals surface area contributed by atoms with Crippen molar-refractivity contribution in [3.05, 3.63) is 0 Å². The van der Waals surface area contributed by atoms with Crippen LogP contribution in [0.1, 0.15) is 40.0 Å². The summed E-state index contributed by atoms with van der Waals surface area (Å²) < 4.78 is 0. The van der Waals surface area contributed by atoms with Crippen molar-refractivity contribution in [1.29, 1.82) is 0 Å². The summed E-state index contributed by atoms with van der Waals surface area (Å²) in [5.74, 6) is 0.477. The van der Waals surface area contributed by atoms with Crippen molar-refractivity contribution in [2.75, 3.05) is 26.0 Å². The number of rotatable bonds is 6. The number of aliphatic hydroxyl groups excluding tert-OH is 1. The molecule has 0 aromatic heterocycles. The van der Waals surface area contributed by atoms with Crippen molar-refractivity contribution < 1.29 is 9.90 Å². The maximum absolute atomic E-state index is 12.3. The van der Waals surface area contributed by atoms with Crippen molar-refractivity contribution in [1.82, 2.24) is 10.2 Å². The molecule has 0 aliphatic carbocycles. The van der Waals surface area contributed by atoms with Gasteiger partial charge >= 0.3 is 6.03 Å². The molecule has 0 unspecified atom stereocenters. The van der Waals surface area contributed by atoms with Gasteiger partial charge in [-0.2, -0.15) is 11.8 Å². The van der Waals surface area contributed by atoms with Crippen LogP contribution in [0, 0.1) is 5.92 Å². The Hall–Kier alpha value is -0.420. The van der Waals surface area contributed by atoms with Crippen molar-refractivity contribution in [3.63, 3.8) is 0 Å². The molecule has 1 aliphatic heterocycles. The van der Waals surface area contributed by atoms with Crippen LogP contribution in [0.5, 0.6) is 0 Å². The highest BCUT2D eigenvalue weighted by molar-refractivity contribution is 7.99. The van der Waals surface area contributed by atoms with E-state index in [1.807, 2.05) is 11.2 Å². The second-order valence-corrected chi connectivity index (χ2v) is 7.24. The third kappa shape index (κ3) is 4.28. The van der Waals surface area contributed by atoms with Crippen LogP contribution in [0.2, 0.25) is 0 Å². The molecule has 1 rings (SSSR count). The molecule has 4 nitrogen and oxygen atoms in total. The lowest BCUT2D eigenvalue weighted by Gasteiger charge is -2.38. The lowest BCUT2D eigenvalue weighted by Crippen LogP contribution is -2.54. The van der Waals surface area contributed by atoms with Crippen LogP contribution >= 0.6 is 11.8 Å². The molecule has 0 bridgehead atoms. The molecule has 0 saturated carbocycles. The summed E-state index contributed by atoms with van der Waals surface area (Å²) in [5.41, 5.74) is -0.346. The van der Waals surface area contributed by atoms with Gasteiger partial charge in [0.15, 0.2) is 0 Å². The zero-order valence-corrected chi connectivity index (χ0v) is 13.4. The minimum absolute atomic E-state index is 0.0203. The maximum atomic E-state index is 12.3. The van der Waals surface area contributed by atoms with Crippen molar-refractivity contribution in [2.24, 2.45) is 5.92 Å². The third-order valence-electron chi connectivity index (χ3n) is 3.87. The first-order valence-corrected chi connectivity index (χ1v) is 8.43. The summed E-state index contributed by atoms with van der Waals surface area (Å²) >= 11 is 1.74. The molecule has 2 amide bonds. The highest BCUT2D eigenvalue weighted by atomic mass is 32.2. The number of hydrogen-bond acceptors (Lipinski definition) is 3. The lowest BCUT2D eigenvalue weighted by molar-refractivity contribution is 0.0678. The van der Waals surface area contributed by atoms with E-state index in [1.54, 1.807) is 11.8 Å². The summed E-state index contributed by atoms with van der Waals surface area (Å²) in [6.45, 7) is 7.88. The van der Waals surface area contributed by atoms with E-state index in [9.17, 15) is 9.90 Å². The highest BCUT2D eigenvalue weighted by Crippen LogP contribution is 2.34. The number of carbonyl (C=O) groups is 1. The largest absolute Gasteiger partial charge is 0.394 e. The summed E-state index contributed by atoms with van der Waals surface area (Å²) in [7, 11) is 0. The topological polar surface area (TPSA) is 52.6 Å². The second kappa shape index (κ2) is 7.39. The van der Waals surface area contributed by atoms with Gasteiger partial charge in [0.05, 0.1) is 12.1 Å². The molecular formula is C14H28N2O2S. The van der Waals surface area contributed by atoms with Crippen LogP contribution in [-0.4, -0.2) is 52.8 Å². The number of carbonyl (C=O) groups excluding carboxylic acids is 1. The maximum Gasteiger partial charge on any atom is 0.317 e. The minimum Gasteiger partial charge on any atom is -0.394 e. The van der Waals surface area contributed by atoms with E-state index in [1.165, 1.54) is 0 Å². The Morgan fingerprint density at radius 1 is 1.47 bits per heavy atom. The summed E-state index contributed by atoms with van der Waals surface area (Å²) in [6, 6.07) is -0.0203. The smallest absolute Gasteiger partial charge is 0.317 e. The van der Waals surface area contributed by atoms with Gasteiger partial charge in [-0.25, -0.2) is 4.79 Å². The molecule has 112 valence electrons. The standard InChI is InChI=1S/C14H28N2O2S/c1-11(2)8-14(10-17)6-5-7-16(14)13(18)15-9-12(3)19-4/h11-12,17H,5-10H2,1-4H3,(H,15,18)/t12-,14-/m0/s1. The Kier molecular flexibility index (Phi) is 6.47. The van der Waals surface area contributed by atoms with E-state index in [-0.39, 0.29) is 18.2 Å². The van der Waals surface area contributed by atoms with E-state index < -0.39 is 0 Å². The Balaban J connectivity index is 2.65. The Labute approximate surface area is 121 Å². The number of nitrogens with zero attached hydrogens (tertiary/aromatic N) is 1. The quantitative estimate of drug-likeness (QED) is 0.788. The Morgan fingerprint density at radius 2 is 2.16 bits per heavy atom.